The largest absolute Gasteiger partial charge is 0.355 e. The highest BCUT2D eigenvalue weighted by Crippen LogP contribution is 2.14. The van der Waals surface area contributed by atoms with E-state index in [4.69, 9.17) is 5.26 Å². The number of carbonyl (C=O) groups excluding carboxylic acids is 1. The molecule has 0 aliphatic heterocycles. The Balaban J connectivity index is 1.87. The van der Waals surface area contributed by atoms with Crippen LogP contribution in [0.3, 0.4) is 0 Å². The van der Waals surface area contributed by atoms with Crippen LogP contribution in [0, 0.1) is 17.1 Å². The van der Waals surface area contributed by atoms with Gasteiger partial charge in [-0.05, 0) is 30.2 Å². The van der Waals surface area contributed by atoms with Gasteiger partial charge in [-0.15, -0.1) is 0 Å². The molecule has 2 N–H and O–H groups in total. The third-order valence-corrected chi connectivity index (χ3v) is 4.77. The molecule has 0 spiro atoms. The summed E-state index contributed by atoms with van der Waals surface area (Å²) in [6.45, 7) is -0.0733. The van der Waals surface area contributed by atoms with Gasteiger partial charge in [-0.1, -0.05) is 30.3 Å². The first-order valence-electron chi connectivity index (χ1n) is 7.42. The number of amides is 1. The normalized spacial score (nSPS) is 10.9. The molecule has 0 saturated heterocycles. The van der Waals surface area contributed by atoms with Gasteiger partial charge >= 0.3 is 0 Å². The van der Waals surface area contributed by atoms with Gasteiger partial charge in [-0.2, -0.15) is 5.26 Å². The zero-order valence-electron chi connectivity index (χ0n) is 13.2. The molecule has 6 nitrogen and oxygen atoms in total. The van der Waals surface area contributed by atoms with E-state index >= 15 is 0 Å². The van der Waals surface area contributed by atoms with Gasteiger partial charge in [0.05, 0.1) is 17.0 Å². The van der Waals surface area contributed by atoms with Crippen molar-refractivity contribution in [1.82, 2.24) is 10.0 Å². The average Bonchev–Trinajstić information content (AvgIpc) is 2.61. The lowest BCUT2D eigenvalue weighted by Gasteiger charge is -2.08. The number of sulfonamides is 1. The Morgan fingerprint density at radius 1 is 1.16 bits per heavy atom. The predicted octanol–water partition coefficient (Wildman–Crippen LogP) is 1.33. The third kappa shape index (κ3) is 5.38. The average molecular weight is 361 g/mol. The molecule has 0 radical (unpaired) electrons. The molecule has 8 heteroatoms. The van der Waals surface area contributed by atoms with Crippen LogP contribution in [-0.4, -0.2) is 27.4 Å². The minimum atomic E-state index is -4.01. The van der Waals surface area contributed by atoms with Crippen molar-refractivity contribution < 1.29 is 17.6 Å². The lowest BCUT2D eigenvalue weighted by atomic mass is 10.1. The first-order chi connectivity index (χ1) is 11.9. The maximum Gasteiger partial charge on any atom is 0.241 e. The number of benzene rings is 2. The van der Waals surface area contributed by atoms with Crippen LogP contribution in [0.4, 0.5) is 4.39 Å². The van der Waals surface area contributed by atoms with Crippen molar-refractivity contribution in [2.24, 2.45) is 0 Å². The van der Waals surface area contributed by atoms with Gasteiger partial charge < -0.3 is 5.32 Å². The van der Waals surface area contributed by atoms with Crippen molar-refractivity contribution in [3.8, 4) is 6.07 Å². The fraction of sp³-hybridized carbons (Fsp3) is 0.176. The number of halogens is 1. The molecule has 2 aromatic carbocycles. The molecule has 1 amide bonds. The Bertz CT molecular complexity index is 893. The molecule has 2 aromatic rings. The molecular formula is C17H16FN3O3S. The maximum atomic E-state index is 13.2. The van der Waals surface area contributed by atoms with Crippen molar-refractivity contribution in [1.29, 1.82) is 5.26 Å². The maximum absolute atomic E-state index is 13.2. The van der Waals surface area contributed by atoms with Gasteiger partial charge in [-0.25, -0.2) is 17.5 Å². The molecule has 0 aromatic heterocycles. The number of nitriles is 1. The van der Waals surface area contributed by atoms with E-state index in [0.717, 1.165) is 23.8 Å². The standard InChI is InChI=1S/C17H16FN3O3S/c18-16-7-6-15(10-14(16)11-19)25(23,24)21-12-17(22)20-9-8-13-4-2-1-3-5-13/h1-7,10,21H,8-9,12H2,(H,20,22). The molecule has 0 aliphatic carbocycles. The second-order valence-electron chi connectivity index (χ2n) is 5.16. The second kappa shape index (κ2) is 8.37. The molecule has 0 heterocycles. The summed E-state index contributed by atoms with van der Waals surface area (Å²) < 4.78 is 39.5. The Labute approximate surface area is 145 Å². The summed E-state index contributed by atoms with van der Waals surface area (Å²) in [7, 11) is -4.01. The highest BCUT2D eigenvalue weighted by atomic mass is 32.2. The highest BCUT2D eigenvalue weighted by Gasteiger charge is 2.17. The number of hydrogen-bond donors (Lipinski definition) is 2. The zero-order valence-corrected chi connectivity index (χ0v) is 14.0. The Morgan fingerprint density at radius 3 is 2.56 bits per heavy atom. The minimum absolute atomic E-state index is 0.275. The second-order valence-corrected chi connectivity index (χ2v) is 6.93. The number of carbonyl (C=O) groups is 1. The third-order valence-electron chi connectivity index (χ3n) is 3.37. The zero-order chi connectivity index (χ0) is 18.3. The van der Waals surface area contributed by atoms with Crippen LogP contribution < -0.4 is 10.0 Å². The highest BCUT2D eigenvalue weighted by molar-refractivity contribution is 7.89. The SMILES string of the molecule is N#Cc1cc(S(=O)(=O)NCC(=O)NCCc2ccccc2)ccc1F. The molecule has 0 bridgehead atoms. The van der Waals surface area contributed by atoms with Crippen molar-refractivity contribution in [3.63, 3.8) is 0 Å². The summed E-state index contributed by atoms with van der Waals surface area (Å²) in [5.41, 5.74) is 0.675. The smallest absolute Gasteiger partial charge is 0.241 e. The van der Waals surface area contributed by atoms with E-state index in [0.29, 0.717) is 13.0 Å². The summed E-state index contributed by atoms with van der Waals surface area (Å²) in [4.78, 5) is 11.5. The number of rotatable bonds is 7. The van der Waals surface area contributed by atoms with Gasteiger partial charge in [0.25, 0.3) is 0 Å². The molecular weight excluding hydrogens is 345 g/mol. The van der Waals surface area contributed by atoms with Crippen LogP contribution in [0.5, 0.6) is 0 Å². The van der Waals surface area contributed by atoms with Gasteiger partial charge in [0.15, 0.2) is 0 Å². The number of nitrogens with one attached hydrogen (secondary N) is 2. The lowest BCUT2D eigenvalue weighted by molar-refractivity contribution is -0.119. The van der Waals surface area contributed by atoms with Crippen molar-refractivity contribution >= 4 is 15.9 Å². The molecule has 0 atom stereocenters. The van der Waals surface area contributed by atoms with E-state index in [-0.39, 0.29) is 10.5 Å². The van der Waals surface area contributed by atoms with Crippen LogP contribution in [0.2, 0.25) is 0 Å². The van der Waals surface area contributed by atoms with Crippen molar-refractivity contribution in [2.45, 2.75) is 11.3 Å². The van der Waals surface area contributed by atoms with Crippen LogP contribution in [0.15, 0.2) is 53.4 Å². The van der Waals surface area contributed by atoms with E-state index in [1.807, 2.05) is 30.3 Å². The van der Waals surface area contributed by atoms with Crippen LogP contribution in [-0.2, 0) is 21.2 Å². The Hall–Kier alpha value is -2.76. The minimum Gasteiger partial charge on any atom is -0.355 e. The Kier molecular flexibility index (Phi) is 6.22. The Morgan fingerprint density at radius 2 is 1.88 bits per heavy atom. The topological polar surface area (TPSA) is 99.1 Å². The first-order valence-corrected chi connectivity index (χ1v) is 8.90. The van der Waals surface area contributed by atoms with Crippen LogP contribution >= 0.6 is 0 Å². The van der Waals surface area contributed by atoms with E-state index in [1.165, 1.54) is 0 Å². The summed E-state index contributed by atoms with van der Waals surface area (Å²) in [6.07, 6.45) is 0.628. The van der Waals surface area contributed by atoms with Crippen LogP contribution in [0.25, 0.3) is 0 Å². The van der Waals surface area contributed by atoms with Crippen molar-refractivity contribution in [2.75, 3.05) is 13.1 Å². The summed E-state index contributed by atoms with van der Waals surface area (Å²) in [5, 5.41) is 11.4. The monoisotopic (exact) mass is 361 g/mol. The van der Waals surface area contributed by atoms with Gasteiger partial charge in [0.2, 0.25) is 15.9 Å². The number of nitrogens with zero attached hydrogens (tertiary/aromatic N) is 1. The molecule has 0 aliphatic rings. The molecule has 0 unspecified atom stereocenters. The van der Waals surface area contributed by atoms with Crippen molar-refractivity contribution in [3.05, 3.63) is 65.5 Å². The number of hydrogen-bond acceptors (Lipinski definition) is 4. The lowest BCUT2D eigenvalue weighted by Crippen LogP contribution is -2.37. The van der Waals surface area contributed by atoms with E-state index in [9.17, 15) is 17.6 Å². The quantitative estimate of drug-likeness (QED) is 0.777. The van der Waals surface area contributed by atoms with E-state index < -0.39 is 28.3 Å². The predicted molar refractivity (Wildman–Crippen MR) is 89.5 cm³/mol. The molecule has 130 valence electrons. The molecule has 0 fully saturated rings. The molecule has 2 rings (SSSR count). The summed E-state index contributed by atoms with van der Waals surface area (Å²) in [5.74, 6) is -1.29. The van der Waals surface area contributed by atoms with Gasteiger partial charge in [-0.3, -0.25) is 4.79 Å². The summed E-state index contributed by atoms with van der Waals surface area (Å²) in [6, 6.07) is 14.0. The fourth-order valence-electron chi connectivity index (χ4n) is 2.05. The van der Waals surface area contributed by atoms with Crippen LogP contribution in [0.1, 0.15) is 11.1 Å². The van der Waals surface area contributed by atoms with Gasteiger partial charge in [0.1, 0.15) is 11.9 Å². The molecule has 0 saturated carbocycles. The van der Waals surface area contributed by atoms with E-state index in [1.54, 1.807) is 6.07 Å². The fourth-order valence-corrected chi connectivity index (χ4v) is 3.06. The van der Waals surface area contributed by atoms with E-state index in [2.05, 4.69) is 10.0 Å². The molecule has 25 heavy (non-hydrogen) atoms. The first kappa shape index (κ1) is 18.6. The van der Waals surface area contributed by atoms with Gasteiger partial charge in [0, 0.05) is 6.54 Å². The summed E-state index contributed by atoms with van der Waals surface area (Å²) >= 11 is 0.